The van der Waals surface area contributed by atoms with Crippen molar-refractivity contribution in [1.82, 2.24) is 25.0 Å². The van der Waals surface area contributed by atoms with Crippen LogP contribution in [0.25, 0.3) is 0 Å². The molecular formula is C14H25N5. The van der Waals surface area contributed by atoms with E-state index in [1.165, 1.54) is 38.9 Å². The van der Waals surface area contributed by atoms with Crippen LogP contribution < -0.4 is 5.32 Å². The number of hydrogen-bond donors (Lipinski definition) is 1. The van der Waals surface area contributed by atoms with Crippen LogP contribution in [-0.4, -0.2) is 45.3 Å². The van der Waals surface area contributed by atoms with Crippen LogP contribution in [0.1, 0.15) is 38.4 Å². The van der Waals surface area contributed by atoms with Crippen LogP contribution in [0, 0.1) is 5.92 Å². The van der Waals surface area contributed by atoms with Crippen molar-refractivity contribution in [2.45, 2.75) is 51.7 Å². The molecule has 2 aliphatic rings. The fourth-order valence-corrected chi connectivity index (χ4v) is 3.47. The van der Waals surface area contributed by atoms with Gasteiger partial charge in [0, 0.05) is 25.7 Å². The largest absolute Gasteiger partial charge is 0.314 e. The third-order valence-corrected chi connectivity index (χ3v) is 4.47. The molecule has 0 saturated carbocycles. The predicted octanol–water partition coefficient (Wildman–Crippen LogP) is 1.26. The molecule has 1 aromatic rings. The van der Waals surface area contributed by atoms with E-state index in [0.717, 1.165) is 37.3 Å². The van der Waals surface area contributed by atoms with E-state index < -0.39 is 0 Å². The molecule has 0 amide bonds. The highest BCUT2D eigenvalue weighted by Crippen LogP contribution is 2.25. The third kappa shape index (κ3) is 2.98. The summed E-state index contributed by atoms with van der Waals surface area (Å²) in [7, 11) is 0. The van der Waals surface area contributed by atoms with Gasteiger partial charge in [-0.25, -0.2) is 9.67 Å². The third-order valence-electron chi connectivity index (χ3n) is 4.47. The molecule has 0 spiro atoms. The van der Waals surface area contributed by atoms with E-state index in [9.17, 15) is 0 Å². The first-order valence-corrected chi connectivity index (χ1v) is 7.69. The average Bonchev–Trinajstić information content (AvgIpc) is 2.86. The first-order valence-electron chi connectivity index (χ1n) is 7.69. The molecule has 2 atom stereocenters. The van der Waals surface area contributed by atoms with Gasteiger partial charge in [0.2, 0.25) is 0 Å². The Morgan fingerprint density at radius 2 is 2.37 bits per heavy atom. The maximum atomic E-state index is 4.43. The lowest BCUT2D eigenvalue weighted by Gasteiger charge is -2.41. The van der Waals surface area contributed by atoms with Gasteiger partial charge in [-0.2, -0.15) is 5.10 Å². The monoisotopic (exact) mass is 263 g/mol. The molecule has 106 valence electrons. The van der Waals surface area contributed by atoms with Crippen LogP contribution in [0.4, 0.5) is 0 Å². The molecule has 5 heteroatoms. The van der Waals surface area contributed by atoms with E-state index in [2.05, 4.69) is 31.9 Å². The van der Waals surface area contributed by atoms with Crippen molar-refractivity contribution in [2.24, 2.45) is 5.92 Å². The van der Waals surface area contributed by atoms with Crippen molar-refractivity contribution < 1.29 is 0 Å². The minimum atomic E-state index is 0.763. The maximum absolute atomic E-state index is 4.43. The molecule has 3 rings (SSSR count). The van der Waals surface area contributed by atoms with Crippen LogP contribution in [0.3, 0.4) is 0 Å². The highest BCUT2D eigenvalue weighted by atomic mass is 15.3. The molecule has 2 unspecified atom stereocenters. The highest BCUT2D eigenvalue weighted by molar-refractivity contribution is 4.91. The topological polar surface area (TPSA) is 46.0 Å². The Morgan fingerprint density at radius 3 is 3.26 bits per heavy atom. The average molecular weight is 263 g/mol. The van der Waals surface area contributed by atoms with Crippen molar-refractivity contribution in [2.75, 3.05) is 19.6 Å². The minimum Gasteiger partial charge on any atom is -0.314 e. The molecule has 0 radical (unpaired) electrons. The smallest absolute Gasteiger partial charge is 0.141 e. The van der Waals surface area contributed by atoms with Gasteiger partial charge in [-0.1, -0.05) is 6.92 Å². The van der Waals surface area contributed by atoms with E-state index >= 15 is 0 Å². The zero-order valence-electron chi connectivity index (χ0n) is 11.9. The van der Waals surface area contributed by atoms with Crippen molar-refractivity contribution in [3.63, 3.8) is 0 Å². The molecule has 1 aromatic heterocycles. The number of nitrogens with one attached hydrogen (secondary N) is 1. The zero-order chi connectivity index (χ0) is 13.1. The fourth-order valence-electron chi connectivity index (χ4n) is 3.47. The summed E-state index contributed by atoms with van der Waals surface area (Å²) >= 11 is 0. The van der Waals surface area contributed by atoms with Gasteiger partial charge >= 0.3 is 0 Å². The number of piperidine rings is 2. The lowest BCUT2D eigenvalue weighted by atomic mass is 9.85. The van der Waals surface area contributed by atoms with E-state index in [1.807, 2.05) is 0 Å². The summed E-state index contributed by atoms with van der Waals surface area (Å²) in [5.41, 5.74) is 0. The van der Waals surface area contributed by atoms with Gasteiger partial charge in [0.25, 0.3) is 0 Å². The van der Waals surface area contributed by atoms with E-state index in [-0.39, 0.29) is 0 Å². The molecule has 2 saturated heterocycles. The van der Waals surface area contributed by atoms with Crippen molar-refractivity contribution in [1.29, 1.82) is 0 Å². The van der Waals surface area contributed by atoms with Crippen LogP contribution in [0.5, 0.6) is 0 Å². The molecule has 2 aliphatic heterocycles. The second-order valence-corrected chi connectivity index (χ2v) is 5.89. The molecular weight excluding hydrogens is 238 g/mol. The van der Waals surface area contributed by atoms with Gasteiger partial charge in [0.1, 0.15) is 12.2 Å². The molecule has 2 fully saturated rings. The minimum absolute atomic E-state index is 0.763. The van der Waals surface area contributed by atoms with E-state index in [4.69, 9.17) is 0 Å². The maximum Gasteiger partial charge on any atom is 0.141 e. The second-order valence-electron chi connectivity index (χ2n) is 5.89. The summed E-state index contributed by atoms with van der Waals surface area (Å²) in [6.45, 7) is 7.75. The van der Waals surface area contributed by atoms with Gasteiger partial charge in [-0.3, -0.25) is 4.90 Å². The van der Waals surface area contributed by atoms with Crippen molar-refractivity contribution in [3.05, 3.63) is 12.2 Å². The van der Waals surface area contributed by atoms with Gasteiger partial charge in [-0.15, -0.1) is 0 Å². The quantitative estimate of drug-likeness (QED) is 0.888. The fraction of sp³-hybridized carbons (Fsp3) is 0.857. The number of fused-ring (bicyclic) bond motifs is 1. The zero-order valence-corrected chi connectivity index (χ0v) is 11.9. The second kappa shape index (κ2) is 6.01. The Bertz CT molecular complexity index is 402. The lowest BCUT2D eigenvalue weighted by molar-refractivity contribution is 0.105. The standard InChI is InChI=1S/C14H25N5/c1-2-7-19-14(16-11-17-19)10-18-8-5-13-12(9-18)4-3-6-15-13/h11-13,15H,2-10H2,1H3. The van der Waals surface area contributed by atoms with Crippen molar-refractivity contribution in [3.8, 4) is 0 Å². The Hall–Kier alpha value is -0.940. The summed E-state index contributed by atoms with van der Waals surface area (Å²) in [6, 6.07) is 0.763. The molecule has 0 bridgehead atoms. The molecule has 1 N–H and O–H groups in total. The van der Waals surface area contributed by atoms with Gasteiger partial charge in [0.05, 0.1) is 6.54 Å². The van der Waals surface area contributed by atoms with Crippen molar-refractivity contribution >= 4 is 0 Å². The lowest BCUT2D eigenvalue weighted by Crippen LogP contribution is -2.51. The normalized spacial score (nSPS) is 28.3. The molecule has 0 aliphatic carbocycles. The summed E-state index contributed by atoms with van der Waals surface area (Å²) in [5, 5.41) is 7.99. The van der Waals surface area contributed by atoms with Gasteiger partial charge in [-0.05, 0) is 38.1 Å². The Kier molecular flexibility index (Phi) is 4.13. The Labute approximate surface area is 115 Å². The number of hydrogen-bond acceptors (Lipinski definition) is 4. The van der Waals surface area contributed by atoms with Crippen LogP contribution in [0.15, 0.2) is 6.33 Å². The van der Waals surface area contributed by atoms with E-state index in [1.54, 1.807) is 6.33 Å². The van der Waals surface area contributed by atoms with Gasteiger partial charge < -0.3 is 5.32 Å². The summed E-state index contributed by atoms with van der Waals surface area (Å²) in [6.07, 6.45) is 6.81. The first kappa shape index (κ1) is 13.1. The number of likely N-dealkylation sites (tertiary alicyclic amines) is 1. The van der Waals surface area contributed by atoms with Crippen LogP contribution >= 0.6 is 0 Å². The molecule has 5 nitrogen and oxygen atoms in total. The Balaban J connectivity index is 1.59. The number of aryl methyl sites for hydroxylation is 1. The number of rotatable bonds is 4. The SMILES string of the molecule is CCCn1ncnc1CN1CCC2NCCCC2C1. The Morgan fingerprint density at radius 1 is 1.42 bits per heavy atom. The van der Waals surface area contributed by atoms with Crippen LogP contribution in [0.2, 0.25) is 0 Å². The number of nitrogens with zero attached hydrogens (tertiary/aromatic N) is 4. The molecule has 19 heavy (non-hydrogen) atoms. The summed E-state index contributed by atoms with van der Waals surface area (Å²) in [5.74, 6) is 1.97. The van der Waals surface area contributed by atoms with Crippen LogP contribution in [-0.2, 0) is 13.1 Å². The first-order chi connectivity index (χ1) is 9.36. The summed E-state index contributed by atoms with van der Waals surface area (Å²) in [4.78, 5) is 6.99. The predicted molar refractivity (Wildman–Crippen MR) is 74.7 cm³/mol. The highest BCUT2D eigenvalue weighted by Gasteiger charge is 2.31. The molecule has 0 aromatic carbocycles. The summed E-state index contributed by atoms with van der Waals surface area (Å²) < 4.78 is 2.06. The van der Waals surface area contributed by atoms with Gasteiger partial charge in [0.15, 0.2) is 0 Å². The number of aromatic nitrogens is 3. The van der Waals surface area contributed by atoms with E-state index in [0.29, 0.717) is 0 Å². The molecule has 3 heterocycles.